The van der Waals surface area contributed by atoms with Crippen molar-refractivity contribution in [3.8, 4) is 0 Å². The highest BCUT2D eigenvalue weighted by atomic mass is 16.7. The number of hydrogen-bond donors (Lipinski definition) is 3. The van der Waals surface area contributed by atoms with Crippen molar-refractivity contribution in [2.75, 3.05) is 20.3 Å². The van der Waals surface area contributed by atoms with E-state index < -0.39 is 30.6 Å². The lowest BCUT2D eigenvalue weighted by atomic mass is 10.1. The van der Waals surface area contributed by atoms with Crippen molar-refractivity contribution in [1.29, 1.82) is 0 Å². The number of aliphatic hydroxyl groups is 1. The van der Waals surface area contributed by atoms with E-state index in [0.717, 1.165) is 5.56 Å². The Bertz CT molecular complexity index is 629. The lowest BCUT2D eigenvalue weighted by Crippen LogP contribution is -2.48. The highest BCUT2D eigenvalue weighted by Gasteiger charge is 2.35. The topological polar surface area (TPSA) is 130 Å². The first-order valence-corrected chi connectivity index (χ1v) is 9.06. The summed E-state index contributed by atoms with van der Waals surface area (Å²) in [6.45, 7) is 2.13. The summed E-state index contributed by atoms with van der Waals surface area (Å²) in [7, 11) is 1.28. The Hall–Kier alpha value is -2.17. The highest BCUT2D eigenvalue weighted by Crippen LogP contribution is 2.28. The summed E-state index contributed by atoms with van der Waals surface area (Å²) >= 11 is 0. The van der Waals surface area contributed by atoms with Gasteiger partial charge in [0.2, 0.25) is 0 Å². The molecule has 5 N–H and O–H groups in total. The molecule has 0 amide bonds. The second kappa shape index (κ2) is 11.0. The van der Waals surface area contributed by atoms with Crippen molar-refractivity contribution in [1.82, 2.24) is 5.01 Å². The molecule has 9 nitrogen and oxygen atoms in total. The van der Waals surface area contributed by atoms with E-state index in [1.807, 2.05) is 37.3 Å². The molecule has 1 aliphatic rings. The number of ether oxygens (including phenoxy) is 4. The van der Waals surface area contributed by atoms with Crippen LogP contribution in [0.4, 0.5) is 0 Å². The van der Waals surface area contributed by atoms with E-state index in [1.165, 1.54) is 24.5 Å². The summed E-state index contributed by atoms with van der Waals surface area (Å²) in [6.07, 6.45) is -0.671. The predicted octanol–water partition coefficient (Wildman–Crippen LogP) is 0.404. The van der Waals surface area contributed by atoms with Crippen LogP contribution in [0.3, 0.4) is 0 Å². The van der Waals surface area contributed by atoms with Gasteiger partial charge in [0, 0.05) is 18.0 Å². The number of nitrogens with zero attached hydrogens (tertiary/aromatic N) is 1. The molecule has 0 spiro atoms. The summed E-state index contributed by atoms with van der Waals surface area (Å²) in [6, 6.07) is 9.58. The Morgan fingerprint density at radius 2 is 2.14 bits per heavy atom. The predicted molar refractivity (Wildman–Crippen MR) is 101 cm³/mol. The van der Waals surface area contributed by atoms with Crippen molar-refractivity contribution in [2.24, 2.45) is 11.6 Å². The van der Waals surface area contributed by atoms with E-state index in [1.54, 1.807) is 0 Å². The maximum atomic E-state index is 11.7. The van der Waals surface area contributed by atoms with E-state index in [9.17, 15) is 9.90 Å². The molecule has 9 heteroatoms. The number of hydrazine groups is 1. The van der Waals surface area contributed by atoms with Crippen LogP contribution in [0.15, 0.2) is 42.7 Å². The Kier molecular flexibility index (Phi) is 8.68. The van der Waals surface area contributed by atoms with Crippen LogP contribution < -0.4 is 11.6 Å². The van der Waals surface area contributed by atoms with Crippen molar-refractivity contribution >= 4 is 5.97 Å². The fourth-order valence-corrected chi connectivity index (χ4v) is 2.83. The normalized spacial score (nSPS) is 24.6. The number of esters is 1. The first-order chi connectivity index (χ1) is 13.4. The van der Waals surface area contributed by atoms with Crippen LogP contribution in [-0.4, -0.2) is 60.8 Å². The van der Waals surface area contributed by atoms with Crippen LogP contribution in [0.25, 0.3) is 0 Å². The third-order valence-electron chi connectivity index (χ3n) is 4.40. The summed E-state index contributed by atoms with van der Waals surface area (Å²) in [4.78, 5) is 11.7. The molecule has 1 aromatic carbocycles. The molecule has 0 saturated carbocycles. The van der Waals surface area contributed by atoms with Gasteiger partial charge in [-0.2, -0.15) is 0 Å². The molecule has 156 valence electrons. The minimum absolute atomic E-state index is 0.0187. The number of aliphatic hydroxyl groups excluding tert-OH is 1. The van der Waals surface area contributed by atoms with Gasteiger partial charge in [-0.15, -0.1) is 0 Å². The summed E-state index contributed by atoms with van der Waals surface area (Å²) < 4.78 is 22.3. The van der Waals surface area contributed by atoms with Crippen LogP contribution in [0.1, 0.15) is 25.2 Å². The first kappa shape index (κ1) is 22.1. The number of benzene rings is 1. The molecule has 0 bridgehead atoms. The summed E-state index contributed by atoms with van der Waals surface area (Å²) in [5, 5.41) is 11.7. The van der Waals surface area contributed by atoms with Crippen LogP contribution in [0.5, 0.6) is 0 Å². The highest BCUT2D eigenvalue weighted by molar-refractivity contribution is 5.69. The monoisotopic (exact) mass is 395 g/mol. The number of methoxy groups -OCH3 is 1. The van der Waals surface area contributed by atoms with Crippen molar-refractivity contribution in [3.05, 3.63) is 48.3 Å². The molecule has 5 atom stereocenters. The maximum absolute atomic E-state index is 11.7. The molecule has 1 fully saturated rings. The van der Waals surface area contributed by atoms with Gasteiger partial charge in [-0.25, -0.2) is 5.84 Å². The van der Waals surface area contributed by atoms with E-state index in [-0.39, 0.29) is 25.7 Å². The standard InChI is InChI=1S/C19H29N3O6/c1-13-17(12-26-19(27-13)14-6-4-3-5-7-14)28-16(10-18(24)25-2)15(23)11-22(21)9-8-20/h3-9,13,15-17,19,23H,10-12,20-21H2,1-2H3/b9-8-. The van der Waals surface area contributed by atoms with Gasteiger partial charge in [-0.1, -0.05) is 30.3 Å². The molecule has 0 aromatic heterocycles. The van der Waals surface area contributed by atoms with Gasteiger partial charge >= 0.3 is 5.97 Å². The van der Waals surface area contributed by atoms with E-state index in [0.29, 0.717) is 0 Å². The minimum atomic E-state index is -1.06. The Morgan fingerprint density at radius 3 is 2.75 bits per heavy atom. The molecule has 28 heavy (non-hydrogen) atoms. The number of carbonyl (C=O) groups is 1. The van der Waals surface area contributed by atoms with Gasteiger partial charge < -0.3 is 34.8 Å². The maximum Gasteiger partial charge on any atom is 0.308 e. The number of nitrogens with two attached hydrogens (primary N) is 2. The van der Waals surface area contributed by atoms with Crippen LogP contribution in [0, 0.1) is 0 Å². The van der Waals surface area contributed by atoms with E-state index in [2.05, 4.69) is 0 Å². The number of carbonyl (C=O) groups excluding carboxylic acids is 1. The van der Waals surface area contributed by atoms with Gasteiger partial charge in [-0.3, -0.25) is 4.79 Å². The zero-order valence-electron chi connectivity index (χ0n) is 16.1. The first-order valence-electron chi connectivity index (χ1n) is 9.06. The van der Waals surface area contributed by atoms with Gasteiger partial charge in [0.05, 0.1) is 45.0 Å². The lowest BCUT2D eigenvalue weighted by Gasteiger charge is -2.37. The van der Waals surface area contributed by atoms with Gasteiger partial charge in [0.25, 0.3) is 0 Å². The zero-order chi connectivity index (χ0) is 20.5. The number of hydrogen-bond acceptors (Lipinski definition) is 9. The molecule has 2 rings (SSSR count). The minimum Gasteiger partial charge on any atom is -0.469 e. The number of rotatable bonds is 9. The van der Waals surface area contributed by atoms with Gasteiger partial charge in [0.1, 0.15) is 6.10 Å². The lowest BCUT2D eigenvalue weighted by molar-refractivity contribution is -0.273. The van der Waals surface area contributed by atoms with Crippen LogP contribution in [-0.2, 0) is 23.7 Å². The molecule has 1 aliphatic heterocycles. The molecule has 5 unspecified atom stereocenters. The van der Waals surface area contributed by atoms with Crippen molar-refractivity contribution in [3.63, 3.8) is 0 Å². The van der Waals surface area contributed by atoms with Gasteiger partial charge in [0.15, 0.2) is 6.29 Å². The Morgan fingerprint density at radius 1 is 1.43 bits per heavy atom. The molecular weight excluding hydrogens is 366 g/mol. The molecule has 1 heterocycles. The van der Waals surface area contributed by atoms with Crippen LogP contribution in [0.2, 0.25) is 0 Å². The Labute approximate surface area is 164 Å². The quantitative estimate of drug-likeness (QED) is 0.309. The van der Waals surface area contributed by atoms with Gasteiger partial charge in [-0.05, 0) is 6.92 Å². The third-order valence-corrected chi connectivity index (χ3v) is 4.40. The average Bonchev–Trinajstić information content (AvgIpc) is 2.69. The fraction of sp³-hybridized carbons (Fsp3) is 0.526. The largest absolute Gasteiger partial charge is 0.469 e. The molecular formula is C19H29N3O6. The second-order valence-electron chi connectivity index (χ2n) is 6.52. The third kappa shape index (κ3) is 6.47. The fourth-order valence-electron chi connectivity index (χ4n) is 2.83. The SMILES string of the molecule is COC(=O)CC(OC1COC(c2ccccc2)OC1C)C(O)CN(N)/C=C\N. The molecule has 0 aliphatic carbocycles. The molecule has 1 aromatic rings. The zero-order valence-corrected chi connectivity index (χ0v) is 16.1. The van der Waals surface area contributed by atoms with Crippen molar-refractivity contribution < 1.29 is 28.8 Å². The van der Waals surface area contributed by atoms with Crippen LogP contribution >= 0.6 is 0 Å². The second-order valence-corrected chi connectivity index (χ2v) is 6.52. The van der Waals surface area contributed by atoms with E-state index in [4.69, 9.17) is 30.5 Å². The van der Waals surface area contributed by atoms with Crippen molar-refractivity contribution in [2.45, 2.75) is 44.1 Å². The van der Waals surface area contributed by atoms with E-state index >= 15 is 0 Å². The smallest absolute Gasteiger partial charge is 0.308 e. The molecule has 0 radical (unpaired) electrons. The Balaban J connectivity index is 1.99. The summed E-state index contributed by atoms with van der Waals surface area (Å²) in [5.74, 6) is 5.21. The summed E-state index contributed by atoms with van der Waals surface area (Å²) in [5.41, 5.74) is 6.20. The molecule has 1 saturated heterocycles. The average molecular weight is 395 g/mol.